The van der Waals surface area contributed by atoms with Gasteiger partial charge in [0.05, 0.1) is 11.3 Å². The standard InChI is InChI=1S/C12H16N4O3/c1-7-10(11(18)19)5-13-12(14-7)16-4-3-9(6-16)15-8(2)17/h5,9H,3-4,6H2,1-2H3,(H,15,17)(H,18,19). The van der Waals surface area contributed by atoms with Crippen molar-refractivity contribution >= 4 is 17.8 Å². The van der Waals surface area contributed by atoms with Gasteiger partial charge in [0, 0.05) is 32.3 Å². The fourth-order valence-electron chi connectivity index (χ4n) is 2.16. The third-order valence-corrected chi connectivity index (χ3v) is 3.08. The zero-order chi connectivity index (χ0) is 14.0. The van der Waals surface area contributed by atoms with Gasteiger partial charge in [-0.25, -0.2) is 14.8 Å². The predicted octanol–water partition coefficient (Wildman–Crippen LogP) is 0.198. The van der Waals surface area contributed by atoms with Crippen LogP contribution in [0.4, 0.5) is 5.95 Å². The molecule has 1 aromatic rings. The topological polar surface area (TPSA) is 95.4 Å². The van der Waals surface area contributed by atoms with Crippen LogP contribution in [0.2, 0.25) is 0 Å². The number of amides is 1. The average molecular weight is 264 g/mol. The van der Waals surface area contributed by atoms with Crippen molar-refractivity contribution in [3.05, 3.63) is 17.5 Å². The Morgan fingerprint density at radius 1 is 1.53 bits per heavy atom. The number of nitrogens with zero attached hydrogens (tertiary/aromatic N) is 3. The van der Waals surface area contributed by atoms with Crippen LogP contribution in [0.3, 0.4) is 0 Å². The summed E-state index contributed by atoms with van der Waals surface area (Å²) < 4.78 is 0. The molecule has 0 radical (unpaired) electrons. The van der Waals surface area contributed by atoms with Gasteiger partial charge in [-0.1, -0.05) is 0 Å². The summed E-state index contributed by atoms with van der Waals surface area (Å²) in [7, 11) is 0. The lowest BCUT2D eigenvalue weighted by Gasteiger charge is -2.17. The lowest BCUT2D eigenvalue weighted by Crippen LogP contribution is -2.36. The Balaban J connectivity index is 2.09. The average Bonchev–Trinajstić information content (AvgIpc) is 2.75. The van der Waals surface area contributed by atoms with Gasteiger partial charge in [0.1, 0.15) is 0 Å². The molecule has 1 unspecified atom stereocenters. The van der Waals surface area contributed by atoms with E-state index in [0.29, 0.717) is 18.2 Å². The molecule has 1 aliphatic heterocycles. The van der Waals surface area contributed by atoms with Gasteiger partial charge in [0.25, 0.3) is 0 Å². The van der Waals surface area contributed by atoms with E-state index >= 15 is 0 Å². The van der Waals surface area contributed by atoms with Gasteiger partial charge in [-0.15, -0.1) is 0 Å². The summed E-state index contributed by atoms with van der Waals surface area (Å²) in [6.45, 7) is 4.53. The molecule has 102 valence electrons. The van der Waals surface area contributed by atoms with E-state index in [4.69, 9.17) is 5.11 Å². The molecule has 0 saturated carbocycles. The van der Waals surface area contributed by atoms with Gasteiger partial charge < -0.3 is 15.3 Å². The number of carbonyl (C=O) groups is 2. The number of hydrogen-bond donors (Lipinski definition) is 2. The molecule has 1 aromatic heterocycles. The number of carbonyl (C=O) groups excluding carboxylic acids is 1. The van der Waals surface area contributed by atoms with E-state index in [1.54, 1.807) is 6.92 Å². The lowest BCUT2D eigenvalue weighted by atomic mass is 10.2. The van der Waals surface area contributed by atoms with Crippen molar-refractivity contribution in [3.63, 3.8) is 0 Å². The maximum Gasteiger partial charge on any atom is 0.339 e. The zero-order valence-corrected chi connectivity index (χ0v) is 10.9. The van der Waals surface area contributed by atoms with Crippen LogP contribution in [0.1, 0.15) is 29.4 Å². The van der Waals surface area contributed by atoms with Crippen LogP contribution >= 0.6 is 0 Å². The molecule has 2 N–H and O–H groups in total. The number of hydrogen-bond acceptors (Lipinski definition) is 5. The highest BCUT2D eigenvalue weighted by atomic mass is 16.4. The van der Waals surface area contributed by atoms with E-state index in [1.807, 2.05) is 4.90 Å². The fourth-order valence-corrected chi connectivity index (χ4v) is 2.16. The molecule has 0 bridgehead atoms. The van der Waals surface area contributed by atoms with E-state index < -0.39 is 5.97 Å². The largest absolute Gasteiger partial charge is 0.478 e. The second-order valence-corrected chi connectivity index (χ2v) is 4.61. The molecule has 0 aliphatic carbocycles. The van der Waals surface area contributed by atoms with E-state index in [0.717, 1.165) is 13.0 Å². The van der Waals surface area contributed by atoms with Gasteiger partial charge in [-0.2, -0.15) is 0 Å². The predicted molar refractivity (Wildman–Crippen MR) is 68.2 cm³/mol. The first kappa shape index (κ1) is 13.3. The summed E-state index contributed by atoms with van der Waals surface area (Å²) in [5, 5.41) is 11.8. The Morgan fingerprint density at radius 3 is 2.84 bits per heavy atom. The molecule has 7 nitrogen and oxygen atoms in total. The maximum atomic E-state index is 11.0. The van der Waals surface area contributed by atoms with Gasteiger partial charge in [0.2, 0.25) is 11.9 Å². The van der Waals surface area contributed by atoms with Crippen LogP contribution in [0.5, 0.6) is 0 Å². The SMILES string of the molecule is CC(=O)NC1CCN(c2ncc(C(=O)O)c(C)n2)C1. The number of anilines is 1. The van der Waals surface area contributed by atoms with Gasteiger partial charge in [-0.05, 0) is 13.3 Å². The monoisotopic (exact) mass is 264 g/mol. The molecule has 2 rings (SSSR count). The Kier molecular flexibility index (Phi) is 3.64. The first-order valence-electron chi connectivity index (χ1n) is 6.06. The Hall–Kier alpha value is -2.18. The summed E-state index contributed by atoms with van der Waals surface area (Å²) in [5.41, 5.74) is 0.557. The normalized spacial score (nSPS) is 18.4. The molecule has 0 aromatic carbocycles. The van der Waals surface area contributed by atoms with E-state index in [9.17, 15) is 9.59 Å². The molecule has 1 atom stereocenters. The van der Waals surface area contributed by atoms with Crippen molar-refractivity contribution in [2.24, 2.45) is 0 Å². The molecule has 2 heterocycles. The van der Waals surface area contributed by atoms with Crippen molar-refractivity contribution in [3.8, 4) is 0 Å². The van der Waals surface area contributed by atoms with E-state index in [-0.39, 0.29) is 17.5 Å². The van der Waals surface area contributed by atoms with Crippen LogP contribution in [-0.4, -0.2) is 46.1 Å². The van der Waals surface area contributed by atoms with Crippen LogP contribution in [0.15, 0.2) is 6.20 Å². The van der Waals surface area contributed by atoms with Crippen LogP contribution in [0.25, 0.3) is 0 Å². The minimum absolute atomic E-state index is 0.0508. The number of rotatable bonds is 3. The van der Waals surface area contributed by atoms with Crippen molar-refractivity contribution in [2.75, 3.05) is 18.0 Å². The molecule has 1 aliphatic rings. The molecule has 19 heavy (non-hydrogen) atoms. The molecule has 7 heteroatoms. The summed E-state index contributed by atoms with van der Waals surface area (Å²) >= 11 is 0. The highest BCUT2D eigenvalue weighted by Gasteiger charge is 2.25. The highest BCUT2D eigenvalue weighted by molar-refractivity contribution is 5.88. The first-order chi connectivity index (χ1) is 8.97. The summed E-state index contributed by atoms with van der Waals surface area (Å²) in [6, 6.07) is 0.0977. The molecule has 1 saturated heterocycles. The van der Waals surface area contributed by atoms with Crippen LogP contribution in [-0.2, 0) is 4.79 Å². The smallest absolute Gasteiger partial charge is 0.339 e. The molecular formula is C12H16N4O3. The minimum atomic E-state index is -1.03. The number of nitrogens with one attached hydrogen (secondary N) is 1. The summed E-state index contributed by atoms with van der Waals surface area (Å²) in [4.78, 5) is 32.1. The third kappa shape index (κ3) is 2.98. The van der Waals surface area contributed by atoms with Crippen molar-refractivity contribution < 1.29 is 14.7 Å². The fraction of sp³-hybridized carbons (Fsp3) is 0.500. The number of carboxylic acid groups (broad SMARTS) is 1. The molecule has 1 fully saturated rings. The highest BCUT2D eigenvalue weighted by Crippen LogP contribution is 2.17. The van der Waals surface area contributed by atoms with Crippen molar-refractivity contribution in [1.29, 1.82) is 0 Å². The molecular weight excluding hydrogens is 248 g/mol. The maximum absolute atomic E-state index is 11.0. The van der Waals surface area contributed by atoms with Gasteiger partial charge >= 0.3 is 5.97 Å². The second-order valence-electron chi connectivity index (χ2n) is 4.61. The summed E-state index contributed by atoms with van der Waals surface area (Å²) in [5.74, 6) is -0.567. The Labute approximate surface area is 110 Å². The van der Waals surface area contributed by atoms with Crippen molar-refractivity contribution in [2.45, 2.75) is 26.3 Å². The Morgan fingerprint density at radius 2 is 2.26 bits per heavy atom. The second kappa shape index (κ2) is 5.21. The lowest BCUT2D eigenvalue weighted by molar-refractivity contribution is -0.119. The van der Waals surface area contributed by atoms with E-state index in [2.05, 4.69) is 15.3 Å². The zero-order valence-electron chi connectivity index (χ0n) is 10.9. The minimum Gasteiger partial charge on any atom is -0.478 e. The molecule has 1 amide bonds. The number of aryl methyl sites for hydroxylation is 1. The quantitative estimate of drug-likeness (QED) is 0.809. The van der Waals surface area contributed by atoms with E-state index in [1.165, 1.54) is 13.1 Å². The van der Waals surface area contributed by atoms with Crippen LogP contribution < -0.4 is 10.2 Å². The van der Waals surface area contributed by atoms with Gasteiger partial charge in [-0.3, -0.25) is 4.79 Å². The number of aromatic nitrogens is 2. The number of carboxylic acids is 1. The molecule has 0 spiro atoms. The van der Waals surface area contributed by atoms with Gasteiger partial charge in [0.15, 0.2) is 0 Å². The number of aromatic carboxylic acids is 1. The summed E-state index contributed by atoms with van der Waals surface area (Å²) in [6.07, 6.45) is 2.16. The first-order valence-corrected chi connectivity index (χ1v) is 6.06. The van der Waals surface area contributed by atoms with Crippen LogP contribution in [0, 0.1) is 6.92 Å². The Bertz CT molecular complexity index is 518. The van der Waals surface area contributed by atoms with Crippen molar-refractivity contribution in [1.82, 2.24) is 15.3 Å². The third-order valence-electron chi connectivity index (χ3n) is 3.08.